The number of para-hydroxylation sites is 1. The number of ether oxygens (including phenoxy) is 1. The van der Waals surface area contributed by atoms with Crippen LogP contribution in [-0.4, -0.2) is 40.3 Å². The molecule has 0 bridgehead atoms. The van der Waals surface area contributed by atoms with Crippen LogP contribution in [-0.2, 0) is 4.79 Å². The quantitative estimate of drug-likeness (QED) is 0.374. The maximum absolute atomic E-state index is 12.8. The van der Waals surface area contributed by atoms with Crippen molar-refractivity contribution in [1.82, 2.24) is 14.7 Å². The number of rotatable bonds is 6. The average molecular weight is 452 g/mol. The van der Waals surface area contributed by atoms with E-state index in [0.29, 0.717) is 13.1 Å². The molecule has 34 heavy (non-hydrogen) atoms. The summed E-state index contributed by atoms with van der Waals surface area (Å²) in [6.07, 6.45) is 1.73. The Bertz CT molecular complexity index is 1240. The fourth-order valence-electron chi connectivity index (χ4n) is 4.56. The second-order valence-corrected chi connectivity index (χ2v) is 8.76. The lowest BCUT2D eigenvalue weighted by Gasteiger charge is -2.33. The van der Waals surface area contributed by atoms with Crippen molar-refractivity contribution in [3.63, 3.8) is 0 Å². The first-order valence-corrected chi connectivity index (χ1v) is 11.9. The number of likely N-dealkylation sites (tertiary alicyclic amines) is 1. The summed E-state index contributed by atoms with van der Waals surface area (Å²) in [6.45, 7) is 3.47. The number of amides is 1. The van der Waals surface area contributed by atoms with Crippen molar-refractivity contribution in [2.45, 2.75) is 25.8 Å². The highest BCUT2D eigenvalue weighted by atomic mass is 16.5. The molecule has 1 aliphatic rings. The Kier molecular flexibility index (Phi) is 6.43. The molecule has 5 heteroatoms. The largest absolute Gasteiger partial charge is 0.484 e. The molecule has 4 aromatic rings. The summed E-state index contributed by atoms with van der Waals surface area (Å²) < 4.78 is 7.95. The highest BCUT2D eigenvalue weighted by Gasteiger charge is 2.27. The third-order valence-electron chi connectivity index (χ3n) is 6.48. The Balaban J connectivity index is 1.30. The van der Waals surface area contributed by atoms with Gasteiger partial charge in [0.2, 0.25) is 0 Å². The first kappa shape index (κ1) is 22.0. The van der Waals surface area contributed by atoms with Crippen LogP contribution in [0.4, 0.5) is 0 Å². The number of aryl methyl sites for hydroxylation is 1. The van der Waals surface area contributed by atoms with Crippen molar-refractivity contribution in [2.75, 3.05) is 19.7 Å². The summed E-state index contributed by atoms with van der Waals surface area (Å²) in [5, 5.41) is 5.02. The first-order valence-electron chi connectivity index (χ1n) is 11.9. The Morgan fingerprint density at radius 2 is 1.50 bits per heavy atom. The minimum Gasteiger partial charge on any atom is -0.484 e. The molecule has 1 saturated heterocycles. The molecule has 0 unspecified atom stereocenters. The second-order valence-electron chi connectivity index (χ2n) is 8.76. The maximum atomic E-state index is 12.8. The number of hydrogen-bond acceptors (Lipinski definition) is 3. The minimum absolute atomic E-state index is 0.0374. The van der Waals surface area contributed by atoms with Gasteiger partial charge < -0.3 is 9.64 Å². The predicted octanol–water partition coefficient (Wildman–Crippen LogP) is 5.77. The number of aromatic nitrogens is 2. The van der Waals surface area contributed by atoms with Crippen molar-refractivity contribution < 1.29 is 9.53 Å². The van der Waals surface area contributed by atoms with Gasteiger partial charge in [0.05, 0.1) is 17.4 Å². The molecule has 0 atom stereocenters. The zero-order chi connectivity index (χ0) is 23.3. The molecule has 0 saturated carbocycles. The number of hydrogen-bond donors (Lipinski definition) is 0. The third-order valence-corrected chi connectivity index (χ3v) is 6.48. The fourth-order valence-corrected chi connectivity index (χ4v) is 4.56. The Hall–Kier alpha value is -3.86. The van der Waals surface area contributed by atoms with E-state index >= 15 is 0 Å². The van der Waals surface area contributed by atoms with Gasteiger partial charge in [0.1, 0.15) is 5.75 Å². The molecule has 1 amide bonds. The van der Waals surface area contributed by atoms with Crippen molar-refractivity contribution in [2.24, 2.45) is 0 Å². The van der Waals surface area contributed by atoms with E-state index in [1.807, 2.05) is 60.4 Å². The lowest BCUT2D eigenvalue weighted by Crippen LogP contribution is -2.41. The van der Waals surface area contributed by atoms with Crippen LogP contribution >= 0.6 is 0 Å². The molecule has 3 aromatic carbocycles. The lowest BCUT2D eigenvalue weighted by atomic mass is 10.0. The van der Waals surface area contributed by atoms with Crippen molar-refractivity contribution in [3.8, 4) is 28.3 Å². The number of carbonyl (C=O) groups is 1. The zero-order valence-corrected chi connectivity index (χ0v) is 19.4. The van der Waals surface area contributed by atoms with Crippen LogP contribution in [0.25, 0.3) is 22.5 Å². The molecule has 0 N–H and O–H groups in total. The van der Waals surface area contributed by atoms with E-state index in [4.69, 9.17) is 9.84 Å². The van der Waals surface area contributed by atoms with Crippen molar-refractivity contribution in [1.29, 1.82) is 0 Å². The first-order chi connectivity index (χ1) is 16.7. The normalized spacial score (nSPS) is 14.2. The van der Waals surface area contributed by atoms with Crippen LogP contribution in [0.1, 0.15) is 24.4 Å². The van der Waals surface area contributed by atoms with E-state index in [1.165, 1.54) is 0 Å². The highest BCUT2D eigenvalue weighted by molar-refractivity contribution is 5.78. The Morgan fingerprint density at radius 1 is 0.882 bits per heavy atom. The van der Waals surface area contributed by atoms with Crippen LogP contribution in [0, 0.1) is 6.92 Å². The zero-order valence-electron chi connectivity index (χ0n) is 19.4. The average Bonchev–Trinajstić information content (AvgIpc) is 3.35. The molecule has 1 aliphatic heterocycles. The lowest BCUT2D eigenvalue weighted by molar-refractivity contribution is -0.134. The topological polar surface area (TPSA) is 47.4 Å². The fraction of sp³-hybridized carbons (Fsp3) is 0.241. The van der Waals surface area contributed by atoms with Gasteiger partial charge in [0.25, 0.3) is 5.91 Å². The molecule has 5 rings (SSSR count). The third kappa shape index (κ3) is 4.74. The maximum Gasteiger partial charge on any atom is 0.260 e. The van der Waals surface area contributed by atoms with Crippen LogP contribution in [0.5, 0.6) is 5.75 Å². The summed E-state index contributed by atoms with van der Waals surface area (Å²) in [4.78, 5) is 14.7. The molecule has 0 spiro atoms. The molecule has 2 heterocycles. The number of benzene rings is 3. The van der Waals surface area contributed by atoms with Gasteiger partial charge in [-0.3, -0.25) is 9.48 Å². The number of piperidine rings is 1. The van der Waals surface area contributed by atoms with E-state index in [0.717, 1.165) is 46.7 Å². The molecular formula is C29H29N3O2. The SMILES string of the molecule is Cc1ccccc1OCC(=O)N1CCC(n2nc(-c3ccccc3)cc2-c2ccccc2)CC1. The number of carbonyl (C=O) groups excluding carboxylic acids is 1. The van der Waals surface area contributed by atoms with Gasteiger partial charge >= 0.3 is 0 Å². The van der Waals surface area contributed by atoms with Gasteiger partial charge in [-0.05, 0) is 43.0 Å². The van der Waals surface area contributed by atoms with Gasteiger partial charge in [0.15, 0.2) is 6.61 Å². The van der Waals surface area contributed by atoms with E-state index in [9.17, 15) is 4.79 Å². The monoisotopic (exact) mass is 451 g/mol. The second kappa shape index (κ2) is 9.96. The molecule has 1 aromatic heterocycles. The van der Waals surface area contributed by atoms with Gasteiger partial charge in [0, 0.05) is 18.7 Å². The minimum atomic E-state index is 0.0374. The molecule has 172 valence electrons. The van der Waals surface area contributed by atoms with Gasteiger partial charge in [-0.1, -0.05) is 78.9 Å². The molecule has 5 nitrogen and oxygen atoms in total. The van der Waals surface area contributed by atoms with Gasteiger partial charge in [-0.25, -0.2) is 0 Å². The van der Waals surface area contributed by atoms with Crippen LogP contribution in [0.3, 0.4) is 0 Å². The molecule has 1 fully saturated rings. The Morgan fingerprint density at radius 3 is 2.18 bits per heavy atom. The number of nitrogens with zero attached hydrogens (tertiary/aromatic N) is 3. The van der Waals surface area contributed by atoms with Gasteiger partial charge in [-0.2, -0.15) is 5.10 Å². The summed E-state index contributed by atoms with van der Waals surface area (Å²) in [5.74, 6) is 0.804. The molecule has 0 aliphatic carbocycles. The van der Waals surface area contributed by atoms with E-state index in [-0.39, 0.29) is 18.6 Å². The summed E-state index contributed by atoms with van der Waals surface area (Å²) in [7, 11) is 0. The van der Waals surface area contributed by atoms with E-state index < -0.39 is 0 Å². The van der Waals surface area contributed by atoms with Crippen molar-refractivity contribution >= 4 is 5.91 Å². The molecular weight excluding hydrogens is 422 g/mol. The Labute approximate surface area is 200 Å². The van der Waals surface area contributed by atoms with Crippen LogP contribution in [0.15, 0.2) is 91.0 Å². The van der Waals surface area contributed by atoms with Crippen LogP contribution < -0.4 is 4.74 Å². The molecule has 0 radical (unpaired) electrons. The summed E-state index contributed by atoms with van der Waals surface area (Å²) in [6, 6.07) is 30.9. The smallest absolute Gasteiger partial charge is 0.260 e. The van der Waals surface area contributed by atoms with Crippen LogP contribution in [0.2, 0.25) is 0 Å². The van der Waals surface area contributed by atoms with Crippen molar-refractivity contribution in [3.05, 3.63) is 96.6 Å². The highest BCUT2D eigenvalue weighted by Crippen LogP contribution is 2.32. The summed E-state index contributed by atoms with van der Waals surface area (Å²) in [5.41, 5.74) is 5.40. The van der Waals surface area contributed by atoms with Gasteiger partial charge in [-0.15, -0.1) is 0 Å². The summed E-state index contributed by atoms with van der Waals surface area (Å²) >= 11 is 0. The predicted molar refractivity (Wildman–Crippen MR) is 135 cm³/mol. The van der Waals surface area contributed by atoms with E-state index in [2.05, 4.69) is 47.1 Å². The standard InChI is InChI=1S/C29H29N3O2/c1-22-10-8-9-15-28(22)34-21-29(33)31-18-16-25(17-19-31)32-27(24-13-6-3-7-14-24)20-26(30-32)23-11-4-2-5-12-23/h2-15,20,25H,16-19,21H2,1H3. The van der Waals surface area contributed by atoms with E-state index in [1.54, 1.807) is 0 Å².